The Morgan fingerprint density at radius 1 is 1.44 bits per heavy atom. The summed E-state index contributed by atoms with van der Waals surface area (Å²) in [6, 6.07) is 0. The van der Waals surface area contributed by atoms with Crippen LogP contribution in [-0.2, 0) is 4.79 Å². The molecule has 0 aliphatic carbocycles. The Balaban J connectivity index is 2.96. The fourth-order valence-electron chi connectivity index (χ4n) is 1.22. The van der Waals surface area contributed by atoms with Gasteiger partial charge in [0, 0.05) is 18.3 Å². The molecule has 1 N–H and O–H groups in total. The first-order chi connectivity index (χ1) is 8.17. The van der Waals surface area contributed by atoms with Crippen molar-refractivity contribution in [3.8, 4) is 0 Å². The number of nitrogens with zero attached hydrogens (tertiary/aromatic N) is 2. The van der Waals surface area contributed by atoms with Gasteiger partial charge in [-0.25, -0.2) is 9.78 Å². The molecule has 0 saturated heterocycles. The van der Waals surface area contributed by atoms with E-state index in [2.05, 4.69) is 4.98 Å². The Kier molecular flexibility index (Phi) is 4.11. The highest BCUT2D eigenvalue weighted by molar-refractivity contribution is 7.09. The molecule has 1 aromatic heterocycles. The molecule has 0 aliphatic heterocycles. The smallest absolute Gasteiger partial charge is 0.329 e. The van der Waals surface area contributed by atoms with Crippen LogP contribution in [0.1, 0.15) is 49.1 Å². The molecule has 0 saturated carbocycles. The lowest BCUT2D eigenvalue weighted by Gasteiger charge is -2.30. The first-order valence-corrected chi connectivity index (χ1v) is 6.53. The second-order valence-electron chi connectivity index (χ2n) is 4.95. The zero-order chi connectivity index (χ0) is 14.1. The number of carbonyl (C=O) groups excluding carboxylic acids is 1. The van der Waals surface area contributed by atoms with Gasteiger partial charge >= 0.3 is 5.97 Å². The second-order valence-corrected chi connectivity index (χ2v) is 5.84. The maximum absolute atomic E-state index is 12.1. The van der Waals surface area contributed by atoms with E-state index in [0.29, 0.717) is 5.69 Å². The van der Waals surface area contributed by atoms with E-state index in [1.54, 1.807) is 5.38 Å². The van der Waals surface area contributed by atoms with Gasteiger partial charge in [-0.05, 0) is 13.8 Å². The van der Waals surface area contributed by atoms with Crippen LogP contribution >= 0.6 is 11.3 Å². The van der Waals surface area contributed by atoms with Gasteiger partial charge in [-0.2, -0.15) is 0 Å². The lowest BCUT2D eigenvalue weighted by molar-refractivity contribution is -0.147. The molecule has 0 spiro atoms. The average Bonchev–Trinajstić information content (AvgIpc) is 2.76. The minimum atomic E-state index is -1.25. The third-order valence-electron chi connectivity index (χ3n) is 2.90. The van der Waals surface area contributed by atoms with Crippen LogP contribution in [0.4, 0.5) is 0 Å². The number of rotatable bonds is 4. The Morgan fingerprint density at radius 2 is 2.00 bits per heavy atom. The van der Waals surface area contributed by atoms with Crippen molar-refractivity contribution >= 4 is 23.2 Å². The molecular formula is C12H18N2O3S. The van der Waals surface area contributed by atoms with Crippen molar-refractivity contribution in [1.82, 2.24) is 9.88 Å². The first kappa shape index (κ1) is 14.6. The summed E-state index contributed by atoms with van der Waals surface area (Å²) in [5, 5.41) is 11.6. The third kappa shape index (κ3) is 2.69. The van der Waals surface area contributed by atoms with Crippen molar-refractivity contribution < 1.29 is 14.7 Å². The normalized spacial score (nSPS) is 11.7. The van der Waals surface area contributed by atoms with Crippen LogP contribution in [0.15, 0.2) is 5.38 Å². The summed E-state index contributed by atoms with van der Waals surface area (Å²) in [7, 11) is 1.48. The van der Waals surface area contributed by atoms with Crippen LogP contribution in [0.5, 0.6) is 0 Å². The molecule has 0 aliphatic rings. The maximum atomic E-state index is 12.1. The van der Waals surface area contributed by atoms with Crippen molar-refractivity contribution in [1.29, 1.82) is 0 Å². The monoisotopic (exact) mass is 270 g/mol. The van der Waals surface area contributed by atoms with E-state index in [0.717, 1.165) is 5.01 Å². The van der Waals surface area contributed by atoms with Crippen LogP contribution in [-0.4, -0.2) is 39.5 Å². The van der Waals surface area contributed by atoms with E-state index in [1.807, 2.05) is 13.8 Å². The van der Waals surface area contributed by atoms with Crippen molar-refractivity contribution in [3.05, 3.63) is 16.1 Å². The highest BCUT2D eigenvalue weighted by Gasteiger charge is 2.36. The molecule has 0 atom stereocenters. The van der Waals surface area contributed by atoms with Crippen LogP contribution < -0.4 is 0 Å². The number of aromatic nitrogens is 1. The SMILES string of the molecule is CC(C)c1nc(C(=O)N(C)C(C)(C)C(=O)O)cs1. The summed E-state index contributed by atoms with van der Waals surface area (Å²) in [5.41, 5.74) is -0.945. The van der Waals surface area contributed by atoms with Gasteiger partial charge in [0.15, 0.2) is 0 Å². The highest BCUT2D eigenvalue weighted by atomic mass is 32.1. The minimum Gasteiger partial charge on any atom is -0.480 e. The molecule has 0 aromatic carbocycles. The van der Waals surface area contributed by atoms with Gasteiger partial charge in [-0.1, -0.05) is 13.8 Å². The van der Waals surface area contributed by atoms with Crippen LogP contribution in [0.3, 0.4) is 0 Å². The first-order valence-electron chi connectivity index (χ1n) is 5.65. The predicted octanol–water partition coefficient (Wildman–Crippen LogP) is 2.20. The Hall–Kier alpha value is -1.43. The van der Waals surface area contributed by atoms with E-state index < -0.39 is 11.5 Å². The summed E-state index contributed by atoms with van der Waals surface area (Å²) in [6.45, 7) is 6.97. The lowest BCUT2D eigenvalue weighted by atomic mass is 10.0. The number of carboxylic acid groups (broad SMARTS) is 1. The van der Waals surface area contributed by atoms with Crippen LogP contribution in [0.2, 0.25) is 0 Å². The molecule has 1 heterocycles. The van der Waals surface area contributed by atoms with E-state index in [1.165, 1.54) is 37.1 Å². The zero-order valence-corrected chi connectivity index (χ0v) is 12.0. The fourth-order valence-corrected chi connectivity index (χ4v) is 2.03. The second kappa shape index (κ2) is 5.06. The maximum Gasteiger partial charge on any atom is 0.329 e. The van der Waals surface area contributed by atoms with Gasteiger partial charge in [-0.3, -0.25) is 4.79 Å². The van der Waals surface area contributed by atoms with E-state index in [-0.39, 0.29) is 11.8 Å². The van der Waals surface area contributed by atoms with Gasteiger partial charge in [0.1, 0.15) is 11.2 Å². The van der Waals surface area contributed by atoms with Crippen LogP contribution in [0.25, 0.3) is 0 Å². The average molecular weight is 270 g/mol. The molecule has 1 aromatic rings. The van der Waals surface area contributed by atoms with Crippen molar-refractivity contribution in [2.24, 2.45) is 0 Å². The number of likely N-dealkylation sites (N-methyl/N-ethyl adjacent to an activating group) is 1. The largest absolute Gasteiger partial charge is 0.480 e. The Labute approximate surface area is 110 Å². The molecule has 6 heteroatoms. The van der Waals surface area contributed by atoms with E-state index in [4.69, 9.17) is 5.11 Å². The molecule has 0 radical (unpaired) electrons. The number of hydrogen-bond acceptors (Lipinski definition) is 4. The quantitative estimate of drug-likeness (QED) is 0.910. The Bertz CT molecular complexity index is 466. The zero-order valence-electron chi connectivity index (χ0n) is 11.2. The fraction of sp³-hybridized carbons (Fsp3) is 0.583. The number of thiazole rings is 1. The standard InChI is InChI=1S/C12H18N2O3S/c1-7(2)9-13-8(6-18-9)10(15)14(5)12(3,4)11(16)17/h6-7H,1-5H3,(H,16,17). The Morgan fingerprint density at radius 3 is 2.39 bits per heavy atom. The van der Waals surface area contributed by atoms with Crippen molar-refractivity contribution in [2.75, 3.05) is 7.05 Å². The van der Waals surface area contributed by atoms with E-state index in [9.17, 15) is 9.59 Å². The summed E-state index contributed by atoms with van der Waals surface area (Å²) in [6.07, 6.45) is 0. The van der Waals surface area contributed by atoms with Gasteiger partial charge in [0.2, 0.25) is 0 Å². The molecule has 1 amide bonds. The highest BCUT2D eigenvalue weighted by Crippen LogP contribution is 2.22. The molecule has 100 valence electrons. The summed E-state index contributed by atoms with van der Waals surface area (Å²) < 4.78 is 0. The topological polar surface area (TPSA) is 70.5 Å². The summed E-state index contributed by atoms with van der Waals surface area (Å²) in [4.78, 5) is 28.7. The molecule has 1 rings (SSSR count). The van der Waals surface area contributed by atoms with Gasteiger partial charge in [-0.15, -0.1) is 11.3 Å². The van der Waals surface area contributed by atoms with E-state index >= 15 is 0 Å². The predicted molar refractivity (Wildman–Crippen MR) is 70.0 cm³/mol. The molecule has 5 nitrogen and oxygen atoms in total. The number of carboxylic acids is 1. The number of carbonyl (C=O) groups is 2. The molecule has 0 fully saturated rings. The van der Waals surface area contributed by atoms with Crippen molar-refractivity contribution in [3.63, 3.8) is 0 Å². The lowest BCUT2D eigenvalue weighted by Crippen LogP contribution is -2.50. The van der Waals surface area contributed by atoms with Crippen molar-refractivity contribution in [2.45, 2.75) is 39.2 Å². The van der Waals surface area contributed by atoms with Gasteiger partial charge in [0.25, 0.3) is 5.91 Å². The van der Waals surface area contributed by atoms with Gasteiger partial charge < -0.3 is 10.0 Å². The summed E-state index contributed by atoms with van der Waals surface area (Å²) >= 11 is 1.42. The third-order valence-corrected chi connectivity index (χ3v) is 4.05. The molecule has 0 unspecified atom stereocenters. The number of amides is 1. The number of aliphatic carboxylic acids is 1. The summed E-state index contributed by atoms with van der Waals surface area (Å²) in [5.74, 6) is -1.16. The van der Waals surface area contributed by atoms with Gasteiger partial charge in [0.05, 0.1) is 5.01 Å². The number of hydrogen-bond donors (Lipinski definition) is 1. The molecular weight excluding hydrogens is 252 g/mol. The van der Waals surface area contributed by atoms with Crippen LogP contribution in [0, 0.1) is 0 Å². The minimum absolute atomic E-state index is 0.259. The molecule has 18 heavy (non-hydrogen) atoms. The molecule has 0 bridgehead atoms.